The Morgan fingerprint density at radius 3 is 1.38 bits per heavy atom. The maximum absolute atomic E-state index is 14.5. The van der Waals surface area contributed by atoms with Crippen molar-refractivity contribution >= 4 is 42.8 Å². The van der Waals surface area contributed by atoms with Crippen LogP contribution in [-0.2, 0) is 9.84 Å². The summed E-state index contributed by atoms with van der Waals surface area (Å²) in [4.78, 5) is 20.7. The Bertz CT molecular complexity index is 1810. The third kappa shape index (κ3) is 7.51. The first-order valence-electron chi connectivity index (χ1n) is 13.2. The van der Waals surface area contributed by atoms with Gasteiger partial charge in [0.15, 0.2) is 0 Å². The molecule has 0 radical (unpaired) electrons. The molecule has 45 heavy (non-hydrogen) atoms. The van der Waals surface area contributed by atoms with E-state index >= 15 is 0 Å². The third-order valence-corrected chi connectivity index (χ3v) is 9.35. The highest BCUT2D eigenvalue weighted by Crippen LogP contribution is 2.42. The number of methoxy groups -OCH3 is 2. The molecule has 0 atom stereocenters. The van der Waals surface area contributed by atoms with E-state index in [-0.39, 0.29) is 11.1 Å². The van der Waals surface area contributed by atoms with Crippen LogP contribution in [0.15, 0.2) is 97.1 Å². The van der Waals surface area contributed by atoms with E-state index in [1.807, 2.05) is 0 Å². The molecule has 232 valence electrons. The number of halogens is 2. The molecule has 0 aliphatic heterocycles. The monoisotopic (exact) mass is 668 g/mol. The topological polar surface area (TPSA) is 139 Å². The molecule has 0 bridgehead atoms. The zero-order valence-corrected chi connectivity index (χ0v) is 26.3. The minimum absolute atomic E-state index is 0.0828. The minimum atomic E-state index is -4.65. The molecule has 4 aromatic rings. The highest BCUT2D eigenvalue weighted by Gasteiger charge is 2.29. The zero-order valence-electron chi connectivity index (χ0n) is 24.0. The standard InChI is InChI=1S/C32H26Cl2N2O8S/c1-43-29-13-11-21(19-25(29)23-7-3-5-9-27(23)33)31(15-17-35(37)38)45(41,42)32(16-18-36(39)40)22-12-14-30(44-2)26(20-22)24-8-4-6-10-28(24)34/h3-16,19-20H,17-18H2,1-2H3/b31-15+,32-16+. The number of hydrogen-bond donors (Lipinski definition) is 0. The van der Waals surface area contributed by atoms with Crippen LogP contribution in [0.25, 0.3) is 32.1 Å². The van der Waals surface area contributed by atoms with Crippen LogP contribution in [0, 0.1) is 20.2 Å². The largest absolute Gasteiger partial charge is 0.496 e. The molecule has 0 aliphatic rings. The number of nitro groups is 2. The van der Waals surface area contributed by atoms with Gasteiger partial charge in [0, 0.05) is 54.3 Å². The van der Waals surface area contributed by atoms with Crippen LogP contribution in [0.5, 0.6) is 11.5 Å². The number of nitrogens with zero attached hydrogens (tertiary/aromatic N) is 2. The summed E-state index contributed by atoms with van der Waals surface area (Å²) >= 11 is 12.9. The molecule has 13 heteroatoms. The smallest absolute Gasteiger partial charge is 0.223 e. The maximum Gasteiger partial charge on any atom is 0.223 e. The molecule has 0 N–H and O–H groups in total. The summed E-state index contributed by atoms with van der Waals surface area (Å²) in [5, 5.41) is 23.6. The lowest BCUT2D eigenvalue weighted by Crippen LogP contribution is -2.11. The Morgan fingerprint density at radius 2 is 1.04 bits per heavy atom. The molecule has 0 saturated carbocycles. The zero-order chi connectivity index (χ0) is 32.7. The van der Waals surface area contributed by atoms with Gasteiger partial charge in [-0.05, 0) is 59.7 Å². The number of hydrogen-bond acceptors (Lipinski definition) is 8. The summed E-state index contributed by atoms with van der Waals surface area (Å²) in [6.07, 6.45) is 1.93. The van der Waals surface area contributed by atoms with Gasteiger partial charge in [0.1, 0.15) is 11.5 Å². The van der Waals surface area contributed by atoms with Crippen LogP contribution >= 0.6 is 23.2 Å². The van der Waals surface area contributed by atoms with Gasteiger partial charge >= 0.3 is 0 Å². The van der Waals surface area contributed by atoms with Gasteiger partial charge in [-0.2, -0.15) is 0 Å². The summed E-state index contributed by atoms with van der Waals surface area (Å²) in [5.41, 5.74) is 2.10. The van der Waals surface area contributed by atoms with Crippen molar-refractivity contribution in [3.05, 3.63) is 138 Å². The molecular weight excluding hydrogens is 643 g/mol. The lowest BCUT2D eigenvalue weighted by atomic mass is 10.0. The predicted molar refractivity (Wildman–Crippen MR) is 175 cm³/mol. The molecule has 0 amide bonds. The molecule has 0 saturated heterocycles. The second kappa shape index (κ2) is 14.4. The summed E-state index contributed by atoms with van der Waals surface area (Å²) in [7, 11) is -1.77. The highest BCUT2D eigenvalue weighted by molar-refractivity contribution is 8.09. The van der Waals surface area contributed by atoms with Gasteiger partial charge < -0.3 is 9.47 Å². The Hall–Kier alpha value is -4.71. The summed E-state index contributed by atoms with van der Waals surface area (Å²) < 4.78 is 40.0. The van der Waals surface area contributed by atoms with Crippen molar-refractivity contribution in [1.82, 2.24) is 0 Å². The van der Waals surface area contributed by atoms with Crippen LogP contribution < -0.4 is 9.47 Å². The molecule has 10 nitrogen and oxygen atoms in total. The first-order chi connectivity index (χ1) is 21.5. The molecule has 0 aromatic heterocycles. The van der Waals surface area contributed by atoms with Gasteiger partial charge in [-0.1, -0.05) is 59.6 Å². The summed E-state index contributed by atoms with van der Waals surface area (Å²) in [5.74, 6) is 0.753. The molecule has 0 unspecified atom stereocenters. The minimum Gasteiger partial charge on any atom is -0.496 e. The molecular formula is C32H26Cl2N2O8S. The number of benzene rings is 4. The summed E-state index contributed by atoms with van der Waals surface area (Å²) in [6, 6.07) is 22.6. The van der Waals surface area contributed by atoms with Gasteiger partial charge in [0.05, 0.1) is 24.0 Å². The first-order valence-corrected chi connectivity index (χ1v) is 15.5. The quantitative estimate of drug-likeness (QED) is 0.111. The average Bonchev–Trinajstić information content (AvgIpc) is 3.01. The Labute approximate surface area is 269 Å². The average molecular weight is 670 g/mol. The maximum atomic E-state index is 14.5. The van der Waals surface area contributed by atoms with E-state index < -0.39 is 42.6 Å². The van der Waals surface area contributed by atoms with Gasteiger partial charge in [-0.15, -0.1) is 0 Å². The second-order valence-electron chi connectivity index (χ2n) is 9.46. The van der Waals surface area contributed by atoms with E-state index in [0.29, 0.717) is 43.8 Å². The first kappa shape index (κ1) is 33.2. The SMILES string of the molecule is COc1ccc(/C(=C\C[N+](=O)[O-])S(=O)(=O)/C(=C/C[N+](=O)[O-])c2ccc(OC)c(-c3ccccc3Cl)c2)cc1-c1ccccc1Cl. The van der Waals surface area contributed by atoms with Crippen LogP contribution in [0.3, 0.4) is 0 Å². The number of rotatable bonds is 12. The van der Waals surface area contributed by atoms with Crippen molar-refractivity contribution in [2.75, 3.05) is 27.3 Å². The molecule has 4 aromatic carbocycles. The van der Waals surface area contributed by atoms with Gasteiger partial charge in [0.25, 0.3) is 0 Å². The molecule has 4 rings (SSSR count). The fourth-order valence-corrected chi connectivity index (χ4v) is 6.88. The normalized spacial score (nSPS) is 12.1. The van der Waals surface area contributed by atoms with E-state index in [4.69, 9.17) is 32.7 Å². The van der Waals surface area contributed by atoms with E-state index in [0.717, 1.165) is 12.2 Å². The van der Waals surface area contributed by atoms with E-state index in [1.54, 1.807) is 48.5 Å². The van der Waals surface area contributed by atoms with Crippen LogP contribution in [0.2, 0.25) is 10.0 Å². The number of sulfone groups is 1. The fraction of sp³-hybridized carbons (Fsp3) is 0.125. The van der Waals surface area contributed by atoms with Gasteiger partial charge in [-0.3, -0.25) is 20.2 Å². The van der Waals surface area contributed by atoms with Crippen molar-refractivity contribution in [2.45, 2.75) is 0 Å². The second-order valence-corrected chi connectivity index (χ2v) is 12.2. The van der Waals surface area contributed by atoms with Crippen molar-refractivity contribution in [3.63, 3.8) is 0 Å². The highest BCUT2D eigenvalue weighted by atomic mass is 35.5. The van der Waals surface area contributed by atoms with E-state index in [9.17, 15) is 28.6 Å². The van der Waals surface area contributed by atoms with Gasteiger partial charge in [0.2, 0.25) is 22.9 Å². The molecule has 0 aliphatic carbocycles. The molecule has 0 heterocycles. The van der Waals surface area contributed by atoms with Crippen molar-refractivity contribution in [2.24, 2.45) is 0 Å². The third-order valence-electron chi connectivity index (χ3n) is 6.73. The van der Waals surface area contributed by atoms with Crippen LogP contribution in [-0.4, -0.2) is 45.6 Å². The number of ether oxygens (including phenoxy) is 2. The van der Waals surface area contributed by atoms with Crippen LogP contribution in [0.1, 0.15) is 11.1 Å². The van der Waals surface area contributed by atoms with E-state index in [1.165, 1.54) is 50.6 Å². The molecule has 0 fully saturated rings. The molecule has 0 spiro atoms. The van der Waals surface area contributed by atoms with Crippen molar-refractivity contribution in [3.8, 4) is 33.8 Å². The lowest BCUT2D eigenvalue weighted by Gasteiger charge is -2.17. The fourth-order valence-electron chi connectivity index (χ4n) is 4.70. The van der Waals surface area contributed by atoms with E-state index in [2.05, 4.69) is 0 Å². The lowest BCUT2D eigenvalue weighted by molar-refractivity contribution is -0.468. The summed E-state index contributed by atoms with van der Waals surface area (Å²) in [6.45, 7) is -1.67. The van der Waals surface area contributed by atoms with Gasteiger partial charge in [-0.25, -0.2) is 8.42 Å². The predicted octanol–water partition coefficient (Wildman–Crippen LogP) is 7.69. The Morgan fingerprint density at radius 1 is 0.667 bits per heavy atom. The Balaban J connectivity index is 1.98. The Kier molecular flexibility index (Phi) is 10.6. The van der Waals surface area contributed by atoms with Crippen molar-refractivity contribution in [1.29, 1.82) is 0 Å². The van der Waals surface area contributed by atoms with Crippen LogP contribution in [0.4, 0.5) is 0 Å². The van der Waals surface area contributed by atoms with Crippen molar-refractivity contribution < 1.29 is 27.7 Å².